The average Bonchev–Trinajstić information content (AvgIpc) is 3.18. The fourth-order valence-electron chi connectivity index (χ4n) is 6.70. The van der Waals surface area contributed by atoms with Gasteiger partial charge in [0.25, 0.3) is 0 Å². The van der Waals surface area contributed by atoms with Gasteiger partial charge in [0.2, 0.25) is 0 Å². The van der Waals surface area contributed by atoms with Crippen molar-refractivity contribution < 1.29 is 8.97 Å². The second kappa shape index (κ2) is 34.5. The number of rotatable bonds is 33. The van der Waals surface area contributed by atoms with Crippen LogP contribution in [0.4, 0.5) is 0 Å². The normalized spacial score (nSPS) is 12.0. The third-order valence-corrected chi connectivity index (χ3v) is 76.7. The standard InChI is InChI=1S/C6H6O.8C4H9.2CNS.CH3O.2O.4Sn/c7-6-4-2-1-3-5-6;8*1-3-4-2;2*2-1-3;1-2;;;;;;/h1-5,7H;8*1,3-4H2,2H3;;;1H3;;;;;;/q;;;;;;;;;3*-1;;;4*+1/p-1. The summed E-state index contributed by atoms with van der Waals surface area (Å²) in [6.45, 7) is 18.0. The molecule has 0 N–H and O–H groups in total. The Bertz CT molecular complexity index is 1090. The van der Waals surface area contributed by atoms with Gasteiger partial charge in [0, 0.05) is 0 Å². The minimum atomic E-state index is -3.38. The molecule has 12 heteroatoms. The van der Waals surface area contributed by atoms with Gasteiger partial charge in [0.1, 0.15) is 0 Å². The van der Waals surface area contributed by atoms with Crippen molar-refractivity contribution in [2.24, 2.45) is 6.43 Å². The maximum absolute atomic E-state index is 7.38. The third-order valence-electron chi connectivity index (χ3n) is 10.00. The molecule has 0 heterocycles. The first-order chi connectivity index (χ1) is 25.7. The molecule has 0 saturated heterocycles. The second-order valence-corrected chi connectivity index (χ2v) is 59.8. The van der Waals surface area contributed by atoms with E-state index in [1.54, 1.807) is 0 Å². The summed E-state index contributed by atoms with van der Waals surface area (Å²) >= 11 is -2.62. The molecular weight excluding hydrogens is 1120 g/mol. The molecule has 0 amide bonds. The molecule has 1 aromatic rings. The molecule has 0 aliphatic rings. The minimum absolute atomic E-state index is 0.980. The van der Waals surface area contributed by atoms with Crippen molar-refractivity contribution in [3.05, 3.63) is 30.3 Å². The van der Waals surface area contributed by atoms with E-state index in [-0.39, 0.29) is 0 Å². The van der Waals surface area contributed by atoms with Crippen LogP contribution in [0.15, 0.2) is 36.8 Å². The first kappa shape index (κ1) is 54.7. The van der Waals surface area contributed by atoms with Gasteiger partial charge >= 0.3 is 364 Å². The number of hydrogen-bond donors (Lipinski definition) is 0. The van der Waals surface area contributed by atoms with Gasteiger partial charge in [-0.15, -0.1) is 0 Å². The van der Waals surface area contributed by atoms with Crippen LogP contribution in [0.25, 0.3) is 0 Å². The fraction of sp³-hybridized carbons (Fsp3) is 0.805. The van der Waals surface area contributed by atoms with E-state index >= 15 is 0 Å². The first-order valence-corrected chi connectivity index (χ1v) is 48.0. The Morgan fingerprint density at radius 1 is 0.472 bits per heavy atom. The molecule has 53 heavy (non-hydrogen) atoms. The summed E-state index contributed by atoms with van der Waals surface area (Å²) < 4.78 is 46.4. The van der Waals surface area contributed by atoms with Crippen LogP contribution in [0.5, 0.6) is 5.75 Å². The topological polar surface area (TPSA) is 61.6 Å². The van der Waals surface area contributed by atoms with Gasteiger partial charge in [-0.25, -0.2) is 0 Å². The maximum atomic E-state index is 7.38. The molecule has 0 spiro atoms. The number of unbranched alkanes of at least 4 members (excludes halogenated alkanes) is 8. The predicted molar refractivity (Wildman–Crippen MR) is 247 cm³/mol. The second-order valence-electron chi connectivity index (χ2n) is 14.8. The quantitative estimate of drug-likeness (QED) is 0.0397. The van der Waals surface area contributed by atoms with Crippen LogP contribution in [-0.4, -0.2) is 94.0 Å². The van der Waals surface area contributed by atoms with E-state index in [1.807, 2.05) is 13.2 Å². The van der Waals surface area contributed by atoms with Crippen LogP contribution in [0.1, 0.15) is 158 Å². The summed E-state index contributed by atoms with van der Waals surface area (Å²) in [5.41, 5.74) is 0. The molecule has 0 unspecified atom stereocenters. The Hall–Kier alpha value is 1.69. The Morgan fingerprint density at radius 3 is 1.08 bits per heavy atom. The van der Waals surface area contributed by atoms with Crippen LogP contribution in [0, 0.1) is 0 Å². The van der Waals surface area contributed by atoms with Gasteiger partial charge in [-0.3, -0.25) is 0 Å². The van der Waals surface area contributed by atoms with E-state index in [1.165, 1.54) is 112 Å². The van der Waals surface area contributed by atoms with Crippen molar-refractivity contribution in [2.45, 2.75) is 194 Å². The van der Waals surface area contributed by atoms with Crippen molar-refractivity contribution in [3.8, 4) is 5.75 Å². The average molecular weight is 1200 g/mol. The number of para-hydroxylation sites is 1. The van der Waals surface area contributed by atoms with Crippen molar-refractivity contribution >= 4 is 111 Å². The van der Waals surface area contributed by atoms with E-state index in [0.29, 0.717) is 0 Å². The summed E-state index contributed by atoms with van der Waals surface area (Å²) in [4.78, 5) is 0. The van der Waals surface area contributed by atoms with Gasteiger partial charge < -0.3 is 0 Å². The zero-order chi connectivity index (χ0) is 39.7. The summed E-state index contributed by atoms with van der Waals surface area (Å²) in [5.74, 6) is 0.980. The van der Waals surface area contributed by atoms with Crippen LogP contribution in [0.2, 0.25) is 35.5 Å². The molecule has 0 radical (unpaired) electrons. The van der Waals surface area contributed by atoms with Crippen LogP contribution in [-0.2, 0) is 5.90 Å². The summed E-state index contributed by atoms with van der Waals surface area (Å²) in [6, 6.07) is 10.3. The molecule has 0 aliphatic carbocycles. The molecule has 0 aromatic heterocycles. The van der Waals surface area contributed by atoms with Gasteiger partial charge in [-0.1, -0.05) is 0 Å². The zero-order valence-corrected chi connectivity index (χ0v) is 48.8. The number of thiocarbonyl (C=S) groups is 2. The Morgan fingerprint density at radius 2 is 0.774 bits per heavy atom. The van der Waals surface area contributed by atoms with Crippen LogP contribution >= 0.6 is 24.4 Å². The van der Waals surface area contributed by atoms with E-state index in [9.17, 15) is 0 Å². The molecular formula is C41H80N2O4S2Sn4. The molecule has 0 saturated carbocycles. The molecule has 0 bridgehead atoms. The Balaban J connectivity index is 0.00000104. The molecule has 306 valence electrons. The van der Waals surface area contributed by atoms with E-state index in [2.05, 4.69) is 90.0 Å². The zero-order valence-electron chi connectivity index (χ0n) is 35.7. The van der Waals surface area contributed by atoms with Gasteiger partial charge in [-0.05, 0) is 0 Å². The number of benzene rings is 1. The predicted octanol–water partition coefficient (Wildman–Crippen LogP) is 15.1. The van der Waals surface area contributed by atoms with E-state index in [0.717, 1.165) is 32.4 Å². The monoisotopic (exact) mass is 1210 g/mol. The van der Waals surface area contributed by atoms with Crippen LogP contribution < -0.4 is 3.07 Å². The van der Waals surface area contributed by atoms with Gasteiger partial charge in [0.15, 0.2) is 0 Å². The summed E-state index contributed by atoms with van der Waals surface area (Å²) in [7, 11) is 1.90. The Labute approximate surface area is 359 Å². The summed E-state index contributed by atoms with van der Waals surface area (Å²) in [6.07, 6.45) is 19.1. The van der Waals surface area contributed by atoms with Gasteiger partial charge in [0.05, 0.1) is 0 Å². The number of nitrogens with zero attached hydrogens (tertiary/aromatic N) is 2. The first-order valence-electron chi connectivity index (χ1n) is 21.5. The van der Waals surface area contributed by atoms with E-state index < -0.39 is 76.5 Å². The molecule has 0 fully saturated rings. The third kappa shape index (κ3) is 23.8. The van der Waals surface area contributed by atoms with Crippen LogP contribution in [0.3, 0.4) is 0 Å². The summed E-state index contributed by atoms with van der Waals surface area (Å²) in [5, 5.41) is 5.52. The molecule has 1 rings (SSSR count). The Kier molecular flexibility index (Phi) is 35.7. The fourth-order valence-corrected chi connectivity index (χ4v) is 91.1. The van der Waals surface area contributed by atoms with Crippen molar-refractivity contribution in [1.82, 2.24) is 0 Å². The van der Waals surface area contributed by atoms with Crippen molar-refractivity contribution in [3.63, 3.8) is 0 Å². The number of hydrogen-bond acceptors (Lipinski definition) is 8. The van der Waals surface area contributed by atoms with E-state index in [4.69, 9.17) is 39.8 Å². The van der Waals surface area contributed by atoms with Gasteiger partial charge in [-0.2, -0.15) is 0 Å². The SMILES string of the molecule is CCC[CH2][Sn]([CH2]CCC)([N]=C=S)[O][Sn]([CH2]CCC)([CH2]CCC)[O]C.CCC[CH2][Sn]([CH2]CCC)([N]=C=S)[O][Sn]([CH2]CCC)([CH2]CCC)[O]c1ccccc1. The molecule has 0 atom stereocenters. The van der Waals surface area contributed by atoms with Crippen molar-refractivity contribution in [1.29, 1.82) is 0 Å². The number of isothiocyanates is 2. The molecule has 1 aromatic carbocycles. The van der Waals surface area contributed by atoms with Crippen molar-refractivity contribution in [2.75, 3.05) is 7.11 Å². The molecule has 0 aliphatic heterocycles. The molecule has 6 nitrogen and oxygen atoms in total.